The van der Waals surface area contributed by atoms with Crippen LogP contribution in [0.1, 0.15) is 12.0 Å². The molecule has 1 aliphatic heterocycles. The molecule has 2 aromatic carbocycles. The molecule has 3 rings (SSSR count). The number of hydrogen-bond acceptors (Lipinski definition) is 5. The normalized spacial score (nSPS) is 15.1. The number of benzene rings is 2. The monoisotopic (exact) mass is 422 g/mol. The van der Waals surface area contributed by atoms with Crippen molar-refractivity contribution in [3.63, 3.8) is 0 Å². The smallest absolute Gasteiger partial charge is 0.246 e. The number of rotatable bonds is 7. The number of morpholine rings is 1. The Morgan fingerprint density at radius 1 is 1.21 bits per heavy atom. The molecule has 7 nitrogen and oxygen atoms in total. The molecular weight excluding hydrogens is 399 g/mol. The maximum absolute atomic E-state index is 14.2. The number of carbonyl (C=O) groups is 1. The van der Waals surface area contributed by atoms with Crippen LogP contribution in [0.4, 0.5) is 10.1 Å². The van der Waals surface area contributed by atoms with Gasteiger partial charge in [-0.3, -0.25) is 4.79 Å². The summed E-state index contributed by atoms with van der Waals surface area (Å²) in [6, 6.07) is 10.9. The Labute approximate surface area is 169 Å². The van der Waals surface area contributed by atoms with E-state index in [2.05, 4.69) is 5.32 Å². The third-order valence-electron chi connectivity index (χ3n) is 4.62. The summed E-state index contributed by atoms with van der Waals surface area (Å²) in [6.07, 6.45) is 0.624. The van der Waals surface area contributed by atoms with Crippen LogP contribution in [0.3, 0.4) is 0 Å². The summed E-state index contributed by atoms with van der Waals surface area (Å²) in [5, 5.41) is 2.64. The highest BCUT2D eigenvalue weighted by molar-refractivity contribution is 7.89. The van der Waals surface area contributed by atoms with Gasteiger partial charge in [-0.2, -0.15) is 4.31 Å². The molecule has 1 aliphatic rings. The number of amides is 1. The molecule has 1 amide bonds. The van der Waals surface area contributed by atoms with E-state index in [1.54, 1.807) is 7.11 Å². The predicted octanol–water partition coefficient (Wildman–Crippen LogP) is 2.43. The lowest BCUT2D eigenvalue weighted by atomic mass is 10.1. The lowest BCUT2D eigenvalue weighted by molar-refractivity contribution is -0.116. The minimum absolute atomic E-state index is 0.164. The summed E-state index contributed by atoms with van der Waals surface area (Å²) in [5.41, 5.74) is 1.11. The second-order valence-electron chi connectivity index (χ2n) is 6.52. The molecule has 0 unspecified atom stereocenters. The molecule has 0 aliphatic carbocycles. The molecule has 0 atom stereocenters. The van der Waals surface area contributed by atoms with E-state index in [1.165, 1.54) is 10.4 Å². The van der Waals surface area contributed by atoms with Gasteiger partial charge in [-0.25, -0.2) is 12.8 Å². The fourth-order valence-corrected chi connectivity index (χ4v) is 4.58. The first kappa shape index (κ1) is 21.2. The largest absolute Gasteiger partial charge is 0.496 e. The number of sulfonamides is 1. The van der Waals surface area contributed by atoms with Gasteiger partial charge in [0.25, 0.3) is 0 Å². The summed E-state index contributed by atoms with van der Waals surface area (Å²) >= 11 is 0. The van der Waals surface area contributed by atoms with E-state index in [9.17, 15) is 17.6 Å². The van der Waals surface area contributed by atoms with Gasteiger partial charge in [-0.15, -0.1) is 0 Å². The topological polar surface area (TPSA) is 84.9 Å². The van der Waals surface area contributed by atoms with Crippen LogP contribution in [0.5, 0.6) is 5.75 Å². The molecule has 1 fully saturated rings. The van der Waals surface area contributed by atoms with Crippen molar-refractivity contribution >= 4 is 21.6 Å². The average Bonchev–Trinajstić information content (AvgIpc) is 2.74. The lowest BCUT2D eigenvalue weighted by Crippen LogP contribution is -2.40. The zero-order valence-electron chi connectivity index (χ0n) is 16.1. The number of halogens is 1. The quantitative estimate of drug-likeness (QED) is 0.741. The van der Waals surface area contributed by atoms with E-state index < -0.39 is 20.7 Å². The Hall–Kier alpha value is -2.49. The number of hydrogen-bond donors (Lipinski definition) is 1. The second-order valence-corrected chi connectivity index (χ2v) is 8.43. The Bertz CT molecular complexity index is 975. The van der Waals surface area contributed by atoms with Crippen molar-refractivity contribution in [1.82, 2.24) is 4.31 Å². The lowest BCUT2D eigenvalue weighted by Gasteiger charge is -2.26. The van der Waals surface area contributed by atoms with Crippen molar-refractivity contribution in [2.45, 2.75) is 17.7 Å². The Morgan fingerprint density at radius 2 is 1.93 bits per heavy atom. The van der Waals surface area contributed by atoms with E-state index in [-0.39, 0.29) is 44.3 Å². The van der Waals surface area contributed by atoms with Gasteiger partial charge in [-0.05, 0) is 36.2 Å². The first-order chi connectivity index (χ1) is 13.9. The Kier molecular flexibility index (Phi) is 6.83. The third kappa shape index (κ3) is 5.11. The van der Waals surface area contributed by atoms with Gasteiger partial charge in [0.15, 0.2) is 0 Å². The summed E-state index contributed by atoms with van der Waals surface area (Å²) in [7, 11) is -2.44. The van der Waals surface area contributed by atoms with Gasteiger partial charge in [0.05, 0.1) is 20.3 Å². The highest BCUT2D eigenvalue weighted by Gasteiger charge is 2.29. The van der Waals surface area contributed by atoms with Crippen molar-refractivity contribution in [3.8, 4) is 5.75 Å². The maximum Gasteiger partial charge on any atom is 0.246 e. The molecule has 2 aromatic rings. The maximum atomic E-state index is 14.2. The zero-order chi connectivity index (χ0) is 20.9. The van der Waals surface area contributed by atoms with E-state index >= 15 is 0 Å². The van der Waals surface area contributed by atoms with Crippen molar-refractivity contribution < 1.29 is 27.1 Å². The molecule has 9 heteroatoms. The number of aryl methyl sites for hydroxylation is 1. The molecule has 1 N–H and O–H groups in total. The van der Waals surface area contributed by atoms with Crippen LogP contribution in [0.25, 0.3) is 0 Å². The summed E-state index contributed by atoms with van der Waals surface area (Å²) < 4.78 is 51.3. The molecular formula is C20H23FN2O5S. The van der Waals surface area contributed by atoms with Crippen molar-refractivity contribution in [1.29, 1.82) is 0 Å². The average molecular weight is 422 g/mol. The van der Waals surface area contributed by atoms with E-state index in [4.69, 9.17) is 9.47 Å². The fourth-order valence-electron chi connectivity index (χ4n) is 3.09. The molecule has 0 aromatic heterocycles. The number of para-hydroxylation sites is 1. The Morgan fingerprint density at radius 3 is 2.66 bits per heavy atom. The number of ether oxygens (including phenoxy) is 2. The van der Waals surface area contributed by atoms with Crippen molar-refractivity contribution in [2.24, 2.45) is 0 Å². The summed E-state index contributed by atoms with van der Waals surface area (Å²) in [5.74, 6) is -0.471. The summed E-state index contributed by atoms with van der Waals surface area (Å²) in [6.45, 7) is 0.856. The molecule has 0 radical (unpaired) electrons. The minimum Gasteiger partial charge on any atom is -0.496 e. The molecule has 1 saturated heterocycles. The van der Waals surface area contributed by atoms with Crippen LogP contribution in [0.15, 0.2) is 47.4 Å². The molecule has 156 valence electrons. The van der Waals surface area contributed by atoms with Crippen molar-refractivity contribution in [2.75, 3.05) is 38.7 Å². The van der Waals surface area contributed by atoms with Gasteiger partial charge in [0, 0.05) is 25.2 Å². The van der Waals surface area contributed by atoms with Crippen LogP contribution in [0, 0.1) is 5.82 Å². The molecule has 0 saturated carbocycles. The van der Waals surface area contributed by atoms with Gasteiger partial charge in [0.2, 0.25) is 15.9 Å². The van der Waals surface area contributed by atoms with Crippen LogP contribution >= 0.6 is 0 Å². The first-order valence-corrected chi connectivity index (χ1v) is 10.6. The molecule has 0 spiro atoms. The second kappa shape index (κ2) is 9.34. The van der Waals surface area contributed by atoms with Gasteiger partial charge >= 0.3 is 0 Å². The highest BCUT2D eigenvalue weighted by Crippen LogP contribution is 2.24. The first-order valence-electron chi connectivity index (χ1n) is 9.21. The number of anilines is 1. The van der Waals surface area contributed by atoms with Gasteiger partial charge in [0.1, 0.15) is 16.5 Å². The SMILES string of the molecule is COc1ccccc1CCC(=O)Nc1ccc(F)c(S(=O)(=O)N2CCOCC2)c1. The van der Waals surface area contributed by atoms with Gasteiger partial charge in [-0.1, -0.05) is 18.2 Å². The minimum atomic E-state index is -4.00. The molecule has 1 heterocycles. The van der Waals surface area contributed by atoms with Crippen LogP contribution in [-0.4, -0.2) is 52.0 Å². The van der Waals surface area contributed by atoms with Crippen LogP contribution in [0.2, 0.25) is 0 Å². The summed E-state index contributed by atoms with van der Waals surface area (Å²) in [4.78, 5) is 11.9. The zero-order valence-corrected chi connectivity index (χ0v) is 16.9. The standard InChI is InChI=1S/C20H23FN2O5S/c1-27-18-5-3-2-4-15(18)6-9-20(24)22-16-7-8-17(21)19(14-16)29(25,26)23-10-12-28-13-11-23/h2-5,7-8,14H,6,9-13H2,1H3,(H,22,24). The Balaban J connectivity index is 1.70. The molecule has 29 heavy (non-hydrogen) atoms. The number of nitrogens with one attached hydrogen (secondary N) is 1. The van der Waals surface area contributed by atoms with Crippen LogP contribution < -0.4 is 10.1 Å². The van der Waals surface area contributed by atoms with E-state index in [0.29, 0.717) is 12.2 Å². The fraction of sp³-hybridized carbons (Fsp3) is 0.350. The van der Waals surface area contributed by atoms with E-state index in [1.807, 2.05) is 24.3 Å². The predicted molar refractivity (Wildman–Crippen MR) is 106 cm³/mol. The van der Waals surface area contributed by atoms with Crippen molar-refractivity contribution in [3.05, 3.63) is 53.8 Å². The van der Waals surface area contributed by atoms with Gasteiger partial charge < -0.3 is 14.8 Å². The van der Waals surface area contributed by atoms with E-state index in [0.717, 1.165) is 17.7 Å². The number of nitrogens with zero attached hydrogens (tertiary/aromatic N) is 1. The molecule has 0 bridgehead atoms. The number of carbonyl (C=O) groups excluding carboxylic acids is 1. The highest BCUT2D eigenvalue weighted by atomic mass is 32.2. The van der Waals surface area contributed by atoms with Crippen LogP contribution in [-0.2, 0) is 26.0 Å². The number of methoxy groups -OCH3 is 1. The third-order valence-corrected chi connectivity index (χ3v) is 6.53.